The molecule has 5 nitrogen and oxygen atoms in total. The van der Waals surface area contributed by atoms with Crippen LogP contribution in [0.25, 0.3) is 0 Å². The van der Waals surface area contributed by atoms with E-state index in [2.05, 4.69) is 17.0 Å². The molecule has 27 heavy (non-hydrogen) atoms. The highest BCUT2D eigenvalue weighted by atomic mass is 16.4. The Balaban J connectivity index is 1.41. The Morgan fingerprint density at radius 2 is 1.30 bits per heavy atom. The van der Waals surface area contributed by atoms with Crippen LogP contribution in [-0.4, -0.2) is 42.8 Å². The van der Waals surface area contributed by atoms with Crippen LogP contribution < -0.4 is 4.90 Å². The number of ketones is 1. The molecule has 0 N–H and O–H groups in total. The van der Waals surface area contributed by atoms with Crippen molar-refractivity contribution in [1.29, 1.82) is 0 Å². The van der Waals surface area contributed by atoms with Gasteiger partial charge in [0.2, 0.25) is 5.78 Å². The fourth-order valence-electron chi connectivity index (χ4n) is 3.27. The van der Waals surface area contributed by atoms with E-state index in [4.69, 9.17) is 4.42 Å². The summed E-state index contributed by atoms with van der Waals surface area (Å²) in [6, 6.07) is 22.2. The van der Waals surface area contributed by atoms with E-state index in [-0.39, 0.29) is 23.2 Å². The molecule has 1 saturated heterocycles. The molecule has 0 aliphatic carbocycles. The van der Waals surface area contributed by atoms with Gasteiger partial charge in [0.15, 0.2) is 11.5 Å². The van der Waals surface area contributed by atoms with Crippen molar-refractivity contribution >= 4 is 17.4 Å². The van der Waals surface area contributed by atoms with Gasteiger partial charge in [-0.1, -0.05) is 48.5 Å². The molecule has 1 aromatic heterocycles. The zero-order valence-corrected chi connectivity index (χ0v) is 14.9. The van der Waals surface area contributed by atoms with E-state index in [9.17, 15) is 9.59 Å². The third-order valence-corrected chi connectivity index (χ3v) is 4.76. The van der Waals surface area contributed by atoms with E-state index in [1.165, 1.54) is 5.69 Å². The fourth-order valence-corrected chi connectivity index (χ4v) is 3.27. The summed E-state index contributed by atoms with van der Waals surface area (Å²) in [5.41, 5.74) is 1.71. The number of para-hydroxylation sites is 1. The zero-order valence-electron chi connectivity index (χ0n) is 14.9. The molecule has 1 amide bonds. The molecule has 0 spiro atoms. The largest absolute Gasteiger partial charge is 0.447 e. The van der Waals surface area contributed by atoms with Crippen molar-refractivity contribution in [2.45, 2.75) is 0 Å². The Kier molecular flexibility index (Phi) is 4.75. The molecule has 0 unspecified atom stereocenters. The van der Waals surface area contributed by atoms with Gasteiger partial charge in [-0.25, -0.2) is 0 Å². The zero-order chi connectivity index (χ0) is 18.6. The van der Waals surface area contributed by atoms with Gasteiger partial charge in [-0.05, 0) is 24.3 Å². The Labute approximate surface area is 157 Å². The summed E-state index contributed by atoms with van der Waals surface area (Å²) in [6.07, 6.45) is 0. The predicted octanol–water partition coefficient (Wildman–Crippen LogP) is 3.47. The summed E-state index contributed by atoms with van der Waals surface area (Å²) < 4.78 is 5.57. The highest BCUT2D eigenvalue weighted by Crippen LogP contribution is 2.19. The van der Waals surface area contributed by atoms with E-state index < -0.39 is 0 Å². The second kappa shape index (κ2) is 7.50. The number of piperazine rings is 1. The lowest BCUT2D eigenvalue weighted by Gasteiger charge is -2.35. The quantitative estimate of drug-likeness (QED) is 0.669. The van der Waals surface area contributed by atoms with E-state index in [1.807, 2.05) is 24.3 Å². The van der Waals surface area contributed by atoms with Crippen LogP contribution in [0.3, 0.4) is 0 Å². The Bertz CT molecular complexity index is 926. The van der Waals surface area contributed by atoms with Crippen molar-refractivity contribution in [2.24, 2.45) is 0 Å². The van der Waals surface area contributed by atoms with Gasteiger partial charge < -0.3 is 14.2 Å². The number of nitrogens with zero attached hydrogens (tertiary/aromatic N) is 2. The van der Waals surface area contributed by atoms with Crippen LogP contribution in [0.15, 0.2) is 77.2 Å². The Morgan fingerprint density at radius 3 is 1.96 bits per heavy atom. The Morgan fingerprint density at radius 1 is 0.704 bits per heavy atom. The van der Waals surface area contributed by atoms with Gasteiger partial charge in [-0.2, -0.15) is 0 Å². The number of benzene rings is 2. The summed E-state index contributed by atoms with van der Waals surface area (Å²) in [7, 11) is 0. The van der Waals surface area contributed by atoms with Gasteiger partial charge in [0.05, 0.1) is 0 Å². The number of carbonyl (C=O) groups excluding carboxylic acids is 2. The number of rotatable bonds is 4. The molecule has 0 saturated carbocycles. The standard InChI is InChI=1S/C22H20N2O3/c25-21(17-7-3-1-4-8-17)19-11-12-20(27-19)22(26)24-15-13-23(14-16-24)18-9-5-2-6-10-18/h1-12H,13-16H2. The third-order valence-electron chi connectivity index (χ3n) is 4.76. The lowest BCUT2D eigenvalue weighted by Crippen LogP contribution is -2.48. The highest BCUT2D eigenvalue weighted by Gasteiger charge is 2.25. The lowest BCUT2D eigenvalue weighted by molar-refractivity contribution is 0.0712. The van der Waals surface area contributed by atoms with E-state index in [0.717, 1.165) is 13.1 Å². The first-order valence-corrected chi connectivity index (χ1v) is 9.01. The fraction of sp³-hybridized carbons (Fsp3) is 0.182. The molecule has 3 aromatic rings. The first-order valence-electron chi connectivity index (χ1n) is 9.01. The number of furan rings is 1. The minimum absolute atomic E-state index is 0.171. The van der Waals surface area contributed by atoms with Crippen LogP contribution >= 0.6 is 0 Å². The van der Waals surface area contributed by atoms with Gasteiger partial charge in [0, 0.05) is 37.4 Å². The van der Waals surface area contributed by atoms with Crippen molar-refractivity contribution in [3.63, 3.8) is 0 Å². The first-order chi connectivity index (χ1) is 13.2. The molecule has 0 radical (unpaired) electrons. The molecule has 1 fully saturated rings. The smallest absolute Gasteiger partial charge is 0.289 e. The minimum atomic E-state index is -0.219. The molecule has 5 heteroatoms. The van der Waals surface area contributed by atoms with Crippen molar-refractivity contribution in [3.8, 4) is 0 Å². The SMILES string of the molecule is O=C(c1ccccc1)c1ccc(C(=O)N2CCN(c3ccccc3)CC2)o1. The molecular weight excluding hydrogens is 340 g/mol. The first kappa shape index (κ1) is 17.1. The summed E-state index contributed by atoms with van der Waals surface area (Å²) in [4.78, 5) is 29.2. The van der Waals surface area contributed by atoms with Crippen molar-refractivity contribution < 1.29 is 14.0 Å². The average molecular weight is 360 g/mol. The van der Waals surface area contributed by atoms with Gasteiger partial charge in [-0.15, -0.1) is 0 Å². The second-order valence-corrected chi connectivity index (χ2v) is 6.47. The van der Waals surface area contributed by atoms with Gasteiger partial charge in [-0.3, -0.25) is 9.59 Å². The lowest BCUT2D eigenvalue weighted by atomic mass is 10.1. The van der Waals surface area contributed by atoms with Crippen molar-refractivity contribution in [3.05, 3.63) is 89.9 Å². The van der Waals surface area contributed by atoms with Crippen molar-refractivity contribution in [2.75, 3.05) is 31.1 Å². The molecule has 136 valence electrons. The number of hydrogen-bond donors (Lipinski definition) is 0. The van der Waals surface area contributed by atoms with Crippen LogP contribution in [0.2, 0.25) is 0 Å². The van der Waals surface area contributed by atoms with Crippen LogP contribution in [0.4, 0.5) is 5.69 Å². The molecule has 4 rings (SSSR count). The van der Waals surface area contributed by atoms with E-state index in [0.29, 0.717) is 18.7 Å². The predicted molar refractivity (Wildman–Crippen MR) is 103 cm³/mol. The molecule has 1 aliphatic heterocycles. The molecule has 2 aromatic carbocycles. The van der Waals surface area contributed by atoms with Gasteiger partial charge in [0.1, 0.15) is 0 Å². The monoisotopic (exact) mass is 360 g/mol. The minimum Gasteiger partial charge on any atom is -0.447 e. The summed E-state index contributed by atoms with van der Waals surface area (Å²) in [5, 5.41) is 0. The Hall–Kier alpha value is -3.34. The molecule has 0 bridgehead atoms. The number of carbonyl (C=O) groups is 2. The van der Waals surface area contributed by atoms with Crippen LogP contribution in [0.1, 0.15) is 26.7 Å². The van der Waals surface area contributed by atoms with Crippen LogP contribution in [-0.2, 0) is 0 Å². The topological polar surface area (TPSA) is 53.8 Å². The normalized spacial score (nSPS) is 14.2. The number of amides is 1. The maximum atomic E-state index is 12.7. The third kappa shape index (κ3) is 3.62. The number of hydrogen-bond acceptors (Lipinski definition) is 4. The summed E-state index contributed by atoms with van der Waals surface area (Å²) in [5.74, 6) is 0.00767. The second-order valence-electron chi connectivity index (χ2n) is 6.47. The van der Waals surface area contributed by atoms with Crippen LogP contribution in [0.5, 0.6) is 0 Å². The molecule has 0 atom stereocenters. The molecular formula is C22H20N2O3. The molecule has 2 heterocycles. The van der Waals surface area contributed by atoms with Gasteiger partial charge in [0.25, 0.3) is 5.91 Å². The average Bonchev–Trinajstić information content (AvgIpc) is 3.24. The number of anilines is 1. The van der Waals surface area contributed by atoms with Crippen molar-refractivity contribution in [1.82, 2.24) is 4.90 Å². The van der Waals surface area contributed by atoms with Crippen LogP contribution in [0, 0.1) is 0 Å². The maximum absolute atomic E-state index is 12.7. The summed E-state index contributed by atoms with van der Waals surface area (Å²) in [6.45, 7) is 2.78. The van der Waals surface area contributed by atoms with Gasteiger partial charge >= 0.3 is 0 Å². The maximum Gasteiger partial charge on any atom is 0.289 e. The highest BCUT2D eigenvalue weighted by molar-refractivity contribution is 6.07. The summed E-state index contributed by atoms with van der Waals surface area (Å²) >= 11 is 0. The van der Waals surface area contributed by atoms with E-state index >= 15 is 0 Å². The van der Waals surface area contributed by atoms with E-state index in [1.54, 1.807) is 41.3 Å². The molecule has 1 aliphatic rings.